The van der Waals surface area contributed by atoms with Gasteiger partial charge in [0.05, 0.1) is 12.0 Å². The molecule has 0 aliphatic rings. The Morgan fingerprint density at radius 3 is 2.29 bits per heavy atom. The fourth-order valence-electron chi connectivity index (χ4n) is 4.74. The maximum Gasteiger partial charge on any atom is 0.340 e. The van der Waals surface area contributed by atoms with Crippen LogP contribution in [0.5, 0.6) is 5.75 Å². The number of hydrogen-bond donors (Lipinski definition) is 3. The molecule has 2 heterocycles. The third-order valence-electron chi connectivity index (χ3n) is 6.68. The van der Waals surface area contributed by atoms with Crippen LogP contribution in [-0.2, 0) is 22.4 Å². The smallest absolute Gasteiger partial charge is 0.340 e. The summed E-state index contributed by atoms with van der Waals surface area (Å²) in [6, 6.07) is 18.2. The molecular weight excluding hydrogens is 486 g/mol. The van der Waals surface area contributed by atoms with E-state index in [9.17, 15) is 24.6 Å². The fraction of sp³-hybridized carbons (Fsp3) is 0.167. The van der Waals surface area contributed by atoms with E-state index in [1.54, 1.807) is 25.1 Å². The van der Waals surface area contributed by atoms with E-state index in [4.69, 9.17) is 8.83 Å². The van der Waals surface area contributed by atoms with Crippen LogP contribution in [0.15, 0.2) is 80.4 Å². The first-order valence-electron chi connectivity index (χ1n) is 12.1. The maximum atomic E-state index is 12.9. The number of rotatable bonds is 7. The topological polar surface area (TPSA) is 130 Å². The second kappa shape index (κ2) is 9.89. The Hall–Kier alpha value is -4.85. The molecule has 0 fully saturated rings. The predicted octanol–water partition coefficient (Wildman–Crippen LogP) is 4.88. The molecule has 0 spiro atoms. The second-order valence-electron chi connectivity index (χ2n) is 9.24. The molecule has 1 amide bonds. The molecule has 0 saturated heterocycles. The number of aliphatic carboxylic acids is 1. The first-order valence-corrected chi connectivity index (χ1v) is 12.1. The summed E-state index contributed by atoms with van der Waals surface area (Å²) >= 11 is 0. The zero-order valence-corrected chi connectivity index (χ0v) is 20.8. The van der Waals surface area contributed by atoms with Crippen molar-refractivity contribution >= 4 is 33.8 Å². The molecule has 0 saturated carbocycles. The van der Waals surface area contributed by atoms with Crippen molar-refractivity contribution < 1.29 is 28.6 Å². The van der Waals surface area contributed by atoms with E-state index in [0.717, 1.165) is 22.3 Å². The van der Waals surface area contributed by atoms with Crippen LogP contribution in [0.2, 0.25) is 0 Å². The van der Waals surface area contributed by atoms with E-state index < -0.39 is 23.5 Å². The number of carbonyl (C=O) groups is 2. The van der Waals surface area contributed by atoms with Crippen molar-refractivity contribution in [3.63, 3.8) is 0 Å². The first kappa shape index (κ1) is 24.8. The monoisotopic (exact) mass is 511 g/mol. The predicted molar refractivity (Wildman–Crippen MR) is 142 cm³/mol. The van der Waals surface area contributed by atoms with Gasteiger partial charge in [0.25, 0.3) is 0 Å². The van der Waals surface area contributed by atoms with Gasteiger partial charge in [-0.15, -0.1) is 0 Å². The Labute approximate surface area is 217 Å². The van der Waals surface area contributed by atoms with Crippen LogP contribution >= 0.6 is 0 Å². The summed E-state index contributed by atoms with van der Waals surface area (Å²) in [6.07, 6.45) is -0.315. The molecule has 3 N–H and O–H groups in total. The molecule has 1 unspecified atom stereocenters. The molecule has 5 aromatic rings. The minimum atomic E-state index is -1.21. The minimum Gasteiger partial charge on any atom is -0.508 e. The lowest BCUT2D eigenvalue weighted by atomic mass is 9.98. The number of furan rings is 1. The molecule has 8 nitrogen and oxygen atoms in total. The quantitative estimate of drug-likeness (QED) is 0.265. The van der Waals surface area contributed by atoms with Gasteiger partial charge in [-0.05, 0) is 48.7 Å². The van der Waals surface area contributed by atoms with Crippen molar-refractivity contribution in [3.8, 4) is 16.9 Å². The van der Waals surface area contributed by atoms with Gasteiger partial charge in [0.15, 0.2) is 0 Å². The SMILES string of the molecule is Cc1oc2cc3oc(=O)c(CC(=O)NC(Cc4ccc(O)cc4)C(=O)O)c(C)c3cc2c1-c1ccccc1. The van der Waals surface area contributed by atoms with Crippen LogP contribution in [0, 0.1) is 13.8 Å². The number of amides is 1. The van der Waals surface area contributed by atoms with Crippen molar-refractivity contribution in [1.82, 2.24) is 5.32 Å². The largest absolute Gasteiger partial charge is 0.508 e. The average Bonchev–Trinajstić information content (AvgIpc) is 3.21. The van der Waals surface area contributed by atoms with E-state index in [-0.39, 0.29) is 24.2 Å². The summed E-state index contributed by atoms with van der Waals surface area (Å²) in [6.45, 7) is 3.62. The molecule has 192 valence electrons. The number of aryl methyl sites for hydroxylation is 2. The number of fused-ring (bicyclic) bond motifs is 2. The lowest BCUT2D eigenvalue weighted by molar-refractivity contribution is -0.141. The Morgan fingerprint density at radius 2 is 1.61 bits per heavy atom. The maximum absolute atomic E-state index is 12.9. The standard InChI is InChI=1S/C30H25NO7/c1-16-21-13-23-26(37-17(2)28(23)19-6-4-3-5-7-19)15-25(21)38-30(36)22(16)14-27(33)31-24(29(34)35)12-18-8-10-20(32)11-9-18/h3-11,13,15,24,32H,12,14H2,1-2H3,(H,31,33)(H,34,35). The first-order chi connectivity index (χ1) is 18.2. The van der Waals surface area contributed by atoms with Gasteiger partial charge < -0.3 is 24.4 Å². The van der Waals surface area contributed by atoms with Gasteiger partial charge >= 0.3 is 11.6 Å². The zero-order valence-electron chi connectivity index (χ0n) is 20.8. The molecule has 0 aliphatic heterocycles. The second-order valence-corrected chi connectivity index (χ2v) is 9.24. The summed E-state index contributed by atoms with van der Waals surface area (Å²) in [4.78, 5) is 37.5. The number of nitrogens with one attached hydrogen (secondary N) is 1. The number of phenols is 1. The van der Waals surface area contributed by atoms with Crippen LogP contribution in [0.1, 0.15) is 22.5 Å². The van der Waals surface area contributed by atoms with Gasteiger partial charge in [-0.25, -0.2) is 9.59 Å². The van der Waals surface area contributed by atoms with Gasteiger partial charge in [-0.3, -0.25) is 4.79 Å². The highest BCUT2D eigenvalue weighted by Gasteiger charge is 2.23. The highest BCUT2D eigenvalue weighted by Crippen LogP contribution is 2.37. The Kier molecular flexibility index (Phi) is 6.46. The fourth-order valence-corrected chi connectivity index (χ4v) is 4.74. The summed E-state index contributed by atoms with van der Waals surface area (Å²) in [7, 11) is 0. The third kappa shape index (κ3) is 4.76. The Balaban J connectivity index is 1.47. The number of carbonyl (C=O) groups excluding carboxylic acids is 1. The number of aromatic hydroxyl groups is 1. The lowest BCUT2D eigenvalue weighted by Gasteiger charge is -2.15. The molecular formula is C30H25NO7. The minimum absolute atomic E-state index is 0.0206. The van der Waals surface area contributed by atoms with Gasteiger partial charge in [0.1, 0.15) is 28.7 Å². The van der Waals surface area contributed by atoms with E-state index in [2.05, 4.69) is 5.32 Å². The van der Waals surface area contributed by atoms with Crippen molar-refractivity contribution in [2.45, 2.75) is 32.7 Å². The molecule has 8 heteroatoms. The number of carboxylic acid groups (broad SMARTS) is 1. The van der Waals surface area contributed by atoms with Gasteiger partial charge in [-0.2, -0.15) is 0 Å². The Bertz CT molecular complexity index is 1730. The van der Waals surface area contributed by atoms with Gasteiger partial charge in [-0.1, -0.05) is 42.5 Å². The molecule has 3 aromatic carbocycles. The van der Waals surface area contributed by atoms with Crippen molar-refractivity contribution in [2.75, 3.05) is 0 Å². The van der Waals surface area contributed by atoms with Crippen molar-refractivity contribution in [1.29, 1.82) is 0 Å². The van der Waals surface area contributed by atoms with Crippen LogP contribution < -0.4 is 10.9 Å². The van der Waals surface area contributed by atoms with Crippen LogP contribution in [0.25, 0.3) is 33.1 Å². The van der Waals surface area contributed by atoms with Gasteiger partial charge in [0.2, 0.25) is 5.91 Å². The highest BCUT2D eigenvalue weighted by molar-refractivity contribution is 6.03. The summed E-state index contributed by atoms with van der Waals surface area (Å²) in [5, 5.41) is 23.1. The number of hydrogen-bond acceptors (Lipinski definition) is 6. The van der Waals surface area contributed by atoms with E-state index in [1.807, 2.05) is 43.3 Å². The molecule has 0 radical (unpaired) electrons. The average molecular weight is 512 g/mol. The van der Waals surface area contributed by atoms with Crippen molar-refractivity contribution in [3.05, 3.63) is 99.6 Å². The number of carboxylic acids is 1. The van der Waals surface area contributed by atoms with Gasteiger partial charge in [0, 0.05) is 28.8 Å². The summed E-state index contributed by atoms with van der Waals surface area (Å²) in [5.74, 6) is -1.03. The van der Waals surface area contributed by atoms with Crippen LogP contribution in [0.4, 0.5) is 0 Å². The van der Waals surface area contributed by atoms with E-state index in [1.165, 1.54) is 12.1 Å². The Morgan fingerprint density at radius 1 is 0.921 bits per heavy atom. The highest BCUT2D eigenvalue weighted by atomic mass is 16.4. The molecule has 2 aromatic heterocycles. The molecule has 1 atom stereocenters. The van der Waals surface area contributed by atoms with Crippen LogP contribution in [-0.4, -0.2) is 28.1 Å². The molecule has 0 aliphatic carbocycles. The summed E-state index contributed by atoms with van der Waals surface area (Å²) in [5.41, 5.74) is 3.55. The van der Waals surface area contributed by atoms with Crippen LogP contribution in [0.3, 0.4) is 0 Å². The summed E-state index contributed by atoms with van der Waals surface area (Å²) < 4.78 is 11.5. The third-order valence-corrected chi connectivity index (χ3v) is 6.68. The number of phenolic OH excluding ortho intramolecular Hbond substituents is 1. The molecule has 38 heavy (non-hydrogen) atoms. The normalized spacial score (nSPS) is 12.1. The lowest BCUT2D eigenvalue weighted by Crippen LogP contribution is -2.43. The number of benzene rings is 3. The molecule has 5 rings (SSSR count). The van der Waals surface area contributed by atoms with E-state index in [0.29, 0.717) is 27.7 Å². The van der Waals surface area contributed by atoms with E-state index >= 15 is 0 Å². The molecule has 0 bridgehead atoms. The van der Waals surface area contributed by atoms with Crippen molar-refractivity contribution in [2.24, 2.45) is 0 Å². The zero-order chi connectivity index (χ0) is 27.0.